The predicted molar refractivity (Wildman–Crippen MR) is 83.6 cm³/mol. The molecule has 0 unspecified atom stereocenters. The van der Waals surface area contributed by atoms with E-state index in [0.717, 1.165) is 28.6 Å². The molecular formula is C15H16BrClN2. The molecule has 0 fully saturated rings. The van der Waals surface area contributed by atoms with Crippen molar-refractivity contribution in [3.8, 4) is 11.4 Å². The van der Waals surface area contributed by atoms with Crippen LogP contribution in [0, 0.1) is 13.8 Å². The lowest BCUT2D eigenvalue weighted by atomic mass is 10.1. The van der Waals surface area contributed by atoms with Gasteiger partial charge in [0.2, 0.25) is 0 Å². The Morgan fingerprint density at radius 3 is 2.58 bits per heavy atom. The van der Waals surface area contributed by atoms with Gasteiger partial charge in [-0.2, -0.15) is 0 Å². The van der Waals surface area contributed by atoms with Gasteiger partial charge in [0, 0.05) is 5.56 Å². The second-order valence-corrected chi connectivity index (χ2v) is 5.82. The first kappa shape index (κ1) is 14.5. The summed E-state index contributed by atoms with van der Waals surface area (Å²) in [6, 6.07) is 6.26. The van der Waals surface area contributed by atoms with Gasteiger partial charge >= 0.3 is 0 Å². The largest absolute Gasteiger partial charge is 0.232 e. The summed E-state index contributed by atoms with van der Waals surface area (Å²) in [6.45, 7) is 6.27. The monoisotopic (exact) mass is 338 g/mol. The van der Waals surface area contributed by atoms with Gasteiger partial charge in [-0.25, -0.2) is 9.97 Å². The Morgan fingerprint density at radius 2 is 1.95 bits per heavy atom. The van der Waals surface area contributed by atoms with Gasteiger partial charge in [-0.3, -0.25) is 0 Å². The Bertz CT molecular complexity index is 611. The zero-order chi connectivity index (χ0) is 14.0. The van der Waals surface area contributed by atoms with Crippen LogP contribution < -0.4 is 0 Å². The van der Waals surface area contributed by atoms with Crippen LogP contribution in [0.4, 0.5) is 0 Å². The molecule has 2 aromatic rings. The average Bonchev–Trinajstić information content (AvgIpc) is 2.35. The summed E-state index contributed by atoms with van der Waals surface area (Å²) in [7, 11) is 0. The van der Waals surface area contributed by atoms with Gasteiger partial charge in [-0.05, 0) is 41.8 Å². The molecule has 0 amide bonds. The molecule has 19 heavy (non-hydrogen) atoms. The molecule has 0 atom stereocenters. The van der Waals surface area contributed by atoms with Crippen molar-refractivity contribution in [3.63, 3.8) is 0 Å². The first-order valence-electron chi connectivity index (χ1n) is 6.32. The molecule has 1 aromatic heterocycles. The molecule has 0 spiro atoms. The van der Waals surface area contributed by atoms with Crippen molar-refractivity contribution in [1.82, 2.24) is 9.97 Å². The standard InChI is InChI=1S/C15H16BrClN2/c1-4-5-12-13(16)14(17)19-15(18-12)11-7-6-9(2)8-10(11)3/h6-8H,4-5H2,1-3H3. The molecule has 2 rings (SSSR count). The summed E-state index contributed by atoms with van der Waals surface area (Å²) in [5, 5.41) is 0.480. The number of halogens is 2. The summed E-state index contributed by atoms with van der Waals surface area (Å²) < 4.78 is 0.810. The van der Waals surface area contributed by atoms with Gasteiger partial charge in [0.15, 0.2) is 5.82 Å². The van der Waals surface area contributed by atoms with Gasteiger partial charge in [0.1, 0.15) is 5.15 Å². The molecule has 0 saturated heterocycles. The van der Waals surface area contributed by atoms with E-state index < -0.39 is 0 Å². The van der Waals surface area contributed by atoms with E-state index in [1.54, 1.807) is 0 Å². The highest BCUT2D eigenvalue weighted by Crippen LogP contribution is 2.29. The Kier molecular flexibility index (Phi) is 4.58. The van der Waals surface area contributed by atoms with Crippen molar-refractivity contribution in [3.05, 3.63) is 44.6 Å². The van der Waals surface area contributed by atoms with Crippen LogP contribution in [0.25, 0.3) is 11.4 Å². The predicted octanol–water partition coefficient (Wildman–Crippen LogP) is 5.13. The Morgan fingerprint density at radius 1 is 1.21 bits per heavy atom. The number of benzene rings is 1. The van der Waals surface area contributed by atoms with E-state index >= 15 is 0 Å². The van der Waals surface area contributed by atoms with Crippen LogP contribution in [-0.4, -0.2) is 9.97 Å². The Labute approximate surface area is 127 Å². The number of hydrogen-bond donors (Lipinski definition) is 0. The van der Waals surface area contributed by atoms with Crippen molar-refractivity contribution < 1.29 is 0 Å². The van der Waals surface area contributed by atoms with E-state index in [4.69, 9.17) is 11.6 Å². The number of aromatic nitrogens is 2. The van der Waals surface area contributed by atoms with E-state index in [1.807, 2.05) is 0 Å². The first-order chi connectivity index (χ1) is 9.02. The third-order valence-electron chi connectivity index (χ3n) is 2.99. The van der Waals surface area contributed by atoms with E-state index in [2.05, 4.69) is 64.9 Å². The molecule has 4 heteroatoms. The third kappa shape index (κ3) is 3.15. The van der Waals surface area contributed by atoms with Crippen molar-refractivity contribution in [2.24, 2.45) is 0 Å². The molecule has 0 aliphatic rings. The summed E-state index contributed by atoms with van der Waals surface area (Å²) in [6.07, 6.45) is 1.92. The summed E-state index contributed by atoms with van der Waals surface area (Å²) in [5.41, 5.74) is 4.41. The maximum absolute atomic E-state index is 6.19. The number of rotatable bonds is 3. The fourth-order valence-electron chi connectivity index (χ4n) is 2.05. The summed E-state index contributed by atoms with van der Waals surface area (Å²) in [4.78, 5) is 9.02. The molecule has 0 aliphatic carbocycles. The highest BCUT2D eigenvalue weighted by molar-refractivity contribution is 9.10. The Balaban J connectivity index is 2.56. The molecule has 2 nitrogen and oxygen atoms in total. The molecule has 0 aliphatic heterocycles. The van der Waals surface area contributed by atoms with Crippen molar-refractivity contribution in [2.75, 3.05) is 0 Å². The topological polar surface area (TPSA) is 25.8 Å². The first-order valence-corrected chi connectivity index (χ1v) is 7.49. The molecule has 0 bridgehead atoms. The van der Waals surface area contributed by atoms with Crippen molar-refractivity contribution in [2.45, 2.75) is 33.6 Å². The van der Waals surface area contributed by atoms with Crippen LogP contribution in [-0.2, 0) is 6.42 Å². The minimum Gasteiger partial charge on any atom is -0.232 e. The number of hydrogen-bond acceptors (Lipinski definition) is 2. The molecule has 0 N–H and O–H groups in total. The number of nitrogens with zero attached hydrogens (tertiary/aromatic N) is 2. The highest BCUT2D eigenvalue weighted by atomic mass is 79.9. The lowest BCUT2D eigenvalue weighted by Gasteiger charge is -2.10. The lowest BCUT2D eigenvalue weighted by Crippen LogP contribution is -1.99. The van der Waals surface area contributed by atoms with Crippen LogP contribution in [0.1, 0.15) is 30.2 Å². The molecular weight excluding hydrogens is 324 g/mol. The minimum absolute atomic E-state index is 0.480. The second kappa shape index (κ2) is 6.02. The zero-order valence-corrected chi connectivity index (χ0v) is 13.6. The van der Waals surface area contributed by atoms with Crippen LogP contribution in [0.3, 0.4) is 0 Å². The maximum Gasteiger partial charge on any atom is 0.161 e. The molecule has 0 radical (unpaired) electrons. The van der Waals surface area contributed by atoms with Crippen LogP contribution in [0.15, 0.2) is 22.7 Å². The van der Waals surface area contributed by atoms with Crippen LogP contribution in [0.2, 0.25) is 5.15 Å². The summed E-state index contributed by atoms with van der Waals surface area (Å²) >= 11 is 9.65. The normalized spacial score (nSPS) is 10.8. The van der Waals surface area contributed by atoms with Gasteiger partial charge in [-0.1, -0.05) is 48.7 Å². The van der Waals surface area contributed by atoms with E-state index in [0.29, 0.717) is 11.0 Å². The zero-order valence-electron chi connectivity index (χ0n) is 11.3. The third-order valence-corrected chi connectivity index (χ3v) is 4.32. The fraction of sp³-hybridized carbons (Fsp3) is 0.333. The second-order valence-electron chi connectivity index (χ2n) is 4.67. The van der Waals surface area contributed by atoms with E-state index in [1.165, 1.54) is 11.1 Å². The van der Waals surface area contributed by atoms with Gasteiger partial charge < -0.3 is 0 Å². The van der Waals surface area contributed by atoms with Crippen molar-refractivity contribution in [1.29, 1.82) is 0 Å². The van der Waals surface area contributed by atoms with Gasteiger partial charge in [-0.15, -0.1) is 0 Å². The molecule has 1 heterocycles. The summed E-state index contributed by atoms with van der Waals surface area (Å²) in [5.74, 6) is 0.703. The highest BCUT2D eigenvalue weighted by Gasteiger charge is 2.13. The van der Waals surface area contributed by atoms with Crippen molar-refractivity contribution >= 4 is 27.5 Å². The maximum atomic E-state index is 6.19. The minimum atomic E-state index is 0.480. The van der Waals surface area contributed by atoms with E-state index in [-0.39, 0.29) is 0 Å². The fourth-order valence-corrected chi connectivity index (χ4v) is 2.62. The molecule has 1 aromatic carbocycles. The van der Waals surface area contributed by atoms with E-state index in [9.17, 15) is 0 Å². The SMILES string of the molecule is CCCc1nc(-c2ccc(C)cc2C)nc(Cl)c1Br. The quantitative estimate of drug-likeness (QED) is 0.725. The Hall–Kier alpha value is -0.930. The molecule has 0 saturated carbocycles. The van der Waals surface area contributed by atoms with Gasteiger partial charge in [0.05, 0.1) is 10.2 Å². The van der Waals surface area contributed by atoms with Gasteiger partial charge in [0.25, 0.3) is 0 Å². The van der Waals surface area contributed by atoms with Crippen LogP contribution >= 0.6 is 27.5 Å². The lowest BCUT2D eigenvalue weighted by molar-refractivity contribution is 0.867. The average molecular weight is 340 g/mol. The molecule has 100 valence electrons. The smallest absolute Gasteiger partial charge is 0.161 e. The number of aryl methyl sites for hydroxylation is 3. The van der Waals surface area contributed by atoms with Crippen LogP contribution in [0.5, 0.6) is 0 Å².